The molecule has 0 bridgehead atoms. The Morgan fingerprint density at radius 2 is 1.93 bits per heavy atom. The number of aromatic amines is 1. The minimum absolute atomic E-state index is 0.393. The van der Waals surface area contributed by atoms with Gasteiger partial charge in [0, 0.05) is 38.6 Å². The lowest BCUT2D eigenvalue weighted by molar-refractivity contribution is 0.360. The summed E-state index contributed by atoms with van der Waals surface area (Å²) >= 11 is 0. The van der Waals surface area contributed by atoms with E-state index in [0.29, 0.717) is 18.0 Å². The van der Waals surface area contributed by atoms with Gasteiger partial charge < -0.3 is 10.3 Å². The molecule has 6 heteroatoms. The molecule has 0 aliphatic carbocycles. The molecule has 0 atom stereocenters. The molecule has 15 heavy (non-hydrogen) atoms. The summed E-state index contributed by atoms with van der Waals surface area (Å²) in [6.45, 7) is 4.34. The minimum atomic E-state index is -3.29. The number of sulfonamides is 1. The van der Waals surface area contributed by atoms with Crippen molar-refractivity contribution in [3.63, 3.8) is 0 Å². The van der Waals surface area contributed by atoms with E-state index in [-0.39, 0.29) is 0 Å². The van der Waals surface area contributed by atoms with Gasteiger partial charge in [0.25, 0.3) is 0 Å². The van der Waals surface area contributed by atoms with Crippen LogP contribution in [-0.2, 0) is 10.0 Å². The van der Waals surface area contributed by atoms with Crippen LogP contribution < -0.4 is 5.32 Å². The molecule has 2 rings (SSSR count). The second-order valence-corrected chi connectivity index (χ2v) is 5.56. The molecule has 5 nitrogen and oxygen atoms in total. The molecule has 0 amide bonds. The van der Waals surface area contributed by atoms with Gasteiger partial charge in [0.1, 0.15) is 4.90 Å². The van der Waals surface area contributed by atoms with Crippen LogP contribution in [0.4, 0.5) is 0 Å². The van der Waals surface area contributed by atoms with E-state index < -0.39 is 10.0 Å². The number of hydrogen-bond donors (Lipinski definition) is 2. The van der Waals surface area contributed by atoms with Gasteiger partial charge in [0.15, 0.2) is 0 Å². The van der Waals surface area contributed by atoms with Crippen molar-refractivity contribution in [3.8, 4) is 0 Å². The van der Waals surface area contributed by atoms with Crippen LogP contribution in [0.15, 0.2) is 17.3 Å². The molecule has 84 valence electrons. The smallest absolute Gasteiger partial charge is 0.244 e. The first kappa shape index (κ1) is 10.7. The largest absolute Gasteiger partial charge is 0.366 e. The lowest BCUT2D eigenvalue weighted by atomic mass is 10.4. The predicted octanol–water partition coefficient (Wildman–Crippen LogP) is -0.0830. The van der Waals surface area contributed by atoms with Gasteiger partial charge in [0.05, 0.1) is 0 Å². The fourth-order valence-corrected chi connectivity index (χ4v) is 3.35. The third-order valence-electron chi connectivity index (χ3n) is 2.60. The molecule has 0 spiro atoms. The van der Waals surface area contributed by atoms with Gasteiger partial charge in [-0.05, 0) is 12.5 Å². The molecule has 0 saturated carbocycles. The highest BCUT2D eigenvalue weighted by Gasteiger charge is 2.27. The van der Waals surface area contributed by atoms with Gasteiger partial charge in [-0.1, -0.05) is 0 Å². The van der Waals surface area contributed by atoms with E-state index in [0.717, 1.165) is 18.7 Å². The topological polar surface area (TPSA) is 65.2 Å². The summed E-state index contributed by atoms with van der Waals surface area (Å²) in [5.74, 6) is 0. The third-order valence-corrected chi connectivity index (χ3v) is 4.64. The Morgan fingerprint density at radius 3 is 2.47 bits per heavy atom. The number of hydrogen-bond acceptors (Lipinski definition) is 3. The van der Waals surface area contributed by atoms with E-state index in [9.17, 15) is 8.42 Å². The molecule has 2 N–H and O–H groups in total. The van der Waals surface area contributed by atoms with Gasteiger partial charge in [0.2, 0.25) is 10.0 Å². The van der Waals surface area contributed by atoms with Crippen molar-refractivity contribution >= 4 is 10.0 Å². The average molecular weight is 229 g/mol. The van der Waals surface area contributed by atoms with Crippen LogP contribution in [0.25, 0.3) is 0 Å². The molecule has 0 unspecified atom stereocenters. The number of nitrogens with one attached hydrogen (secondary N) is 2. The average Bonchev–Trinajstić information content (AvgIpc) is 2.66. The Balaban J connectivity index is 2.30. The minimum Gasteiger partial charge on any atom is -0.366 e. The van der Waals surface area contributed by atoms with Crippen LogP contribution in [0, 0.1) is 6.92 Å². The highest BCUT2D eigenvalue weighted by Crippen LogP contribution is 2.19. The summed E-state index contributed by atoms with van der Waals surface area (Å²) in [4.78, 5) is 3.21. The first-order valence-corrected chi connectivity index (χ1v) is 6.40. The van der Waals surface area contributed by atoms with Crippen molar-refractivity contribution in [1.29, 1.82) is 0 Å². The number of aromatic nitrogens is 1. The Hall–Kier alpha value is -0.850. The Morgan fingerprint density at radius 1 is 1.27 bits per heavy atom. The van der Waals surface area contributed by atoms with Crippen molar-refractivity contribution in [2.45, 2.75) is 11.8 Å². The standard InChI is InChI=1S/C9H15N3O2S/c1-8-6-11-7-9(8)15(13,14)12-4-2-10-3-5-12/h6-7,10-11H,2-5H2,1H3. The molecular formula is C9H15N3O2S. The van der Waals surface area contributed by atoms with Crippen LogP contribution in [0.1, 0.15) is 5.56 Å². The molecule has 1 aliphatic rings. The molecule has 1 saturated heterocycles. The maximum atomic E-state index is 12.1. The summed E-state index contributed by atoms with van der Waals surface area (Å²) in [7, 11) is -3.29. The first-order chi connectivity index (χ1) is 7.12. The van der Waals surface area contributed by atoms with Gasteiger partial charge >= 0.3 is 0 Å². The van der Waals surface area contributed by atoms with Crippen molar-refractivity contribution in [1.82, 2.24) is 14.6 Å². The summed E-state index contributed by atoms with van der Waals surface area (Å²) in [5, 5.41) is 3.13. The summed E-state index contributed by atoms with van der Waals surface area (Å²) in [6, 6.07) is 0. The third kappa shape index (κ3) is 1.92. The van der Waals surface area contributed by atoms with Crippen LogP contribution in [0.5, 0.6) is 0 Å². The van der Waals surface area contributed by atoms with Crippen LogP contribution >= 0.6 is 0 Å². The summed E-state index contributed by atoms with van der Waals surface area (Å²) in [5.41, 5.74) is 0.772. The Labute approximate surface area is 89.5 Å². The molecule has 1 aromatic rings. The fourth-order valence-electron chi connectivity index (χ4n) is 1.73. The number of piperazine rings is 1. The second kappa shape index (κ2) is 3.96. The van der Waals surface area contributed by atoms with E-state index in [1.807, 2.05) is 0 Å². The molecular weight excluding hydrogens is 214 g/mol. The van der Waals surface area contributed by atoms with Crippen LogP contribution in [-0.4, -0.2) is 43.9 Å². The van der Waals surface area contributed by atoms with E-state index in [4.69, 9.17) is 0 Å². The molecule has 0 radical (unpaired) electrons. The number of aryl methyl sites for hydroxylation is 1. The van der Waals surface area contributed by atoms with Crippen LogP contribution in [0.2, 0.25) is 0 Å². The maximum Gasteiger partial charge on any atom is 0.244 e. The summed E-state index contributed by atoms with van der Waals surface area (Å²) < 4.78 is 25.8. The van der Waals surface area contributed by atoms with Gasteiger partial charge in [-0.15, -0.1) is 0 Å². The molecule has 1 fully saturated rings. The fraction of sp³-hybridized carbons (Fsp3) is 0.556. The highest BCUT2D eigenvalue weighted by atomic mass is 32.2. The van der Waals surface area contributed by atoms with Crippen LogP contribution in [0.3, 0.4) is 0 Å². The monoisotopic (exact) mass is 229 g/mol. The van der Waals surface area contributed by atoms with E-state index >= 15 is 0 Å². The quantitative estimate of drug-likeness (QED) is 0.745. The van der Waals surface area contributed by atoms with E-state index in [1.165, 1.54) is 4.31 Å². The molecule has 1 aliphatic heterocycles. The molecule has 0 aromatic carbocycles. The predicted molar refractivity (Wildman–Crippen MR) is 57.2 cm³/mol. The first-order valence-electron chi connectivity index (χ1n) is 4.96. The number of rotatable bonds is 2. The zero-order valence-electron chi connectivity index (χ0n) is 8.66. The normalized spacial score (nSPS) is 19.3. The van der Waals surface area contributed by atoms with Crippen molar-refractivity contribution in [2.24, 2.45) is 0 Å². The van der Waals surface area contributed by atoms with Gasteiger partial charge in [-0.2, -0.15) is 4.31 Å². The zero-order valence-corrected chi connectivity index (χ0v) is 9.47. The lowest BCUT2D eigenvalue weighted by Crippen LogP contribution is -2.46. The van der Waals surface area contributed by atoms with Crippen molar-refractivity contribution in [2.75, 3.05) is 26.2 Å². The Bertz CT molecular complexity index is 432. The molecule has 2 heterocycles. The molecule has 1 aromatic heterocycles. The van der Waals surface area contributed by atoms with Crippen molar-refractivity contribution in [3.05, 3.63) is 18.0 Å². The Kier molecular flexibility index (Phi) is 2.81. The number of H-pyrrole nitrogens is 1. The highest BCUT2D eigenvalue weighted by molar-refractivity contribution is 7.89. The summed E-state index contributed by atoms with van der Waals surface area (Å²) in [6.07, 6.45) is 3.25. The lowest BCUT2D eigenvalue weighted by Gasteiger charge is -2.26. The van der Waals surface area contributed by atoms with E-state index in [2.05, 4.69) is 10.3 Å². The number of nitrogens with zero attached hydrogens (tertiary/aromatic N) is 1. The zero-order chi connectivity index (χ0) is 10.9. The maximum absolute atomic E-state index is 12.1. The van der Waals surface area contributed by atoms with Gasteiger partial charge in [-0.3, -0.25) is 0 Å². The SMILES string of the molecule is Cc1c[nH]cc1S(=O)(=O)N1CCNCC1. The second-order valence-electron chi connectivity index (χ2n) is 3.66. The van der Waals surface area contributed by atoms with Gasteiger partial charge in [-0.25, -0.2) is 8.42 Å². The van der Waals surface area contributed by atoms with Crippen molar-refractivity contribution < 1.29 is 8.42 Å². The van der Waals surface area contributed by atoms with E-state index in [1.54, 1.807) is 19.3 Å².